The topological polar surface area (TPSA) is 70.6 Å². The number of rotatable bonds is 6. The van der Waals surface area contributed by atoms with E-state index in [4.69, 9.17) is 0 Å². The summed E-state index contributed by atoms with van der Waals surface area (Å²) in [6.07, 6.45) is 0.477. The van der Waals surface area contributed by atoms with Gasteiger partial charge in [-0.1, -0.05) is 30.3 Å². The predicted octanol–water partition coefficient (Wildman–Crippen LogP) is 2.95. The van der Waals surface area contributed by atoms with Crippen LogP contribution in [0.2, 0.25) is 0 Å². The Labute approximate surface area is 174 Å². The SMILES string of the molecule is CN(CC(=O)N(c1ccccc1)[C@H]1CCS(=O)(=O)C1)Cc1nc2ccccc2s1. The van der Waals surface area contributed by atoms with Crippen molar-refractivity contribution in [2.24, 2.45) is 0 Å². The van der Waals surface area contributed by atoms with Crippen molar-refractivity contribution in [2.45, 2.75) is 19.0 Å². The summed E-state index contributed by atoms with van der Waals surface area (Å²) in [5.41, 5.74) is 1.71. The first-order valence-electron chi connectivity index (χ1n) is 9.52. The average Bonchev–Trinajstić information content (AvgIpc) is 3.24. The summed E-state index contributed by atoms with van der Waals surface area (Å²) < 4.78 is 25.1. The second-order valence-corrected chi connectivity index (χ2v) is 10.7. The molecule has 1 aromatic heterocycles. The normalized spacial score (nSPS) is 18.3. The van der Waals surface area contributed by atoms with Crippen LogP contribution in [0.15, 0.2) is 54.6 Å². The van der Waals surface area contributed by atoms with Gasteiger partial charge in [0.05, 0.1) is 40.9 Å². The molecule has 0 saturated carbocycles. The highest BCUT2D eigenvalue weighted by Crippen LogP contribution is 2.25. The molecule has 1 amide bonds. The minimum atomic E-state index is -3.09. The Balaban J connectivity index is 1.49. The first-order valence-corrected chi connectivity index (χ1v) is 12.2. The zero-order valence-corrected chi connectivity index (χ0v) is 17.8. The second kappa shape index (κ2) is 8.22. The van der Waals surface area contributed by atoms with Crippen LogP contribution in [0.3, 0.4) is 0 Å². The fourth-order valence-electron chi connectivity index (χ4n) is 3.71. The third kappa shape index (κ3) is 4.66. The van der Waals surface area contributed by atoms with E-state index in [-0.39, 0.29) is 30.0 Å². The van der Waals surface area contributed by atoms with Gasteiger partial charge in [0.25, 0.3) is 0 Å². The standard InChI is InChI=1S/C21H23N3O3S2/c1-23(13-20-22-18-9-5-6-10-19(18)28-20)14-21(25)24(16-7-3-2-4-8-16)17-11-12-29(26,27)15-17/h2-10,17H,11-15H2,1H3/t17-/m0/s1. The van der Waals surface area contributed by atoms with Crippen LogP contribution >= 0.6 is 11.3 Å². The van der Waals surface area contributed by atoms with Crippen molar-refractivity contribution in [1.29, 1.82) is 0 Å². The predicted molar refractivity (Wildman–Crippen MR) is 117 cm³/mol. The number of benzene rings is 2. The summed E-state index contributed by atoms with van der Waals surface area (Å²) in [6, 6.07) is 17.0. The number of fused-ring (bicyclic) bond motifs is 1. The average molecular weight is 430 g/mol. The molecule has 6 nitrogen and oxygen atoms in total. The first kappa shape index (κ1) is 20.0. The molecule has 152 valence electrons. The molecule has 1 aliphatic rings. The Morgan fingerprint density at radius 3 is 2.55 bits per heavy atom. The maximum absolute atomic E-state index is 13.2. The quantitative estimate of drug-likeness (QED) is 0.603. The Kier molecular flexibility index (Phi) is 5.67. The van der Waals surface area contributed by atoms with E-state index in [0.29, 0.717) is 13.0 Å². The molecule has 1 saturated heterocycles. The van der Waals surface area contributed by atoms with Gasteiger partial charge in [-0.2, -0.15) is 0 Å². The number of aromatic nitrogens is 1. The van der Waals surface area contributed by atoms with Crippen LogP contribution in [0.25, 0.3) is 10.2 Å². The van der Waals surface area contributed by atoms with Gasteiger partial charge >= 0.3 is 0 Å². The third-order valence-electron chi connectivity index (χ3n) is 5.03. The smallest absolute Gasteiger partial charge is 0.241 e. The Morgan fingerprint density at radius 2 is 1.86 bits per heavy atom. The number of sulfone groups is 1. The monoisotopic (exact) mass is 429 g/mol. The van der Waals surface area contributed by atoms with E-state index < -0.39 is 9.84 Å². The summed E-state index contributed by atoms with van der Waals surface area (Å²) in [7, 11) is -1.20. The van der Waals surface area contributed by atoms with E-state index in [1.807, 2.05) is 66.5 Å². The number of carbonyl (C=O) groups excluding carboxylic acids is 1. The zero-order chi connectivity index (χ0) is 20.4. The van der Waals surface area contributed by atoms with Crippen molar-refractivity contribution in [2.75, 3.05) is 30.0 Å². The molecule has 3 aromatic rings. The minimum absolute atomic E-state index is 0.0230. The lowest BCUT2D eigenvalue weighted by atomic mass is 10.1. The second-order valence-electron chi connectivity index (χ2n) is 7.40. The molecule has 0 unspecified atom stereocenters. The third-order valence-corrected chi connectivity index (χ3v) is 7.80. The highest BCUT2D eigenvalue weighted by molar-refractivity contribution is 7.91. The van der Waals surface area contributed by atoms with Gasteiger partial charge in [0.1, 0.15) is 5.01 Å². The van der Waals surface area contributed by atoms with Crippen LogP contribution in [0.4, 0.5) is 5.69 Å². The van der Waals surface area contributed by atoms with Gasteiger partial charge < -0.3 is 4.90 Å². The van der Waals surface area contributed by atoms with Gasteiger partial charge in [-0.25, -0.2) is 13.4 Å². The summed E-state index contributed by atoms with van der Waals surface area (Å²) >= 11 is 1.63. The van der Waals surface area contributed by atoms with Gasteiger partial charge in [-0.05, 0) is 37.7 Å². The number of hydrogen-bond donors (Lipinski definition) is 0. The number of likely N-dealkylation sites (N-methyl/N-ethyl adjacent to an activating group) is 1. The number of carbonyl (C=O) groups is 1. The van der Waals surface area contributed by atoms with Crippen LogP contribution in [-0.2, 0) is 21.2 Å². The van der Waals surface area contributed by atoms with Crippen molar-refractivity contribution in [3.63, 3.8) is 0 Å². The molecule has 8 heteroatoms. The molecule has 1 fully saturated rings. The largest absolute Gasteiger partial charge is 0.307 e. The van der Waals surface area contributed by atoms with Crippen molar-refractivity contribution in [3.05, 3.63) is 59.6 Å². The molecule has 2 aromatic carbocycles. The van der Waals surface area contributed by atoms with Crippen molar-refractivity contribution in [3.8, 4) is 0 Å². The van der Waals surface area contributed by atoms with Gasteiger partial charge in [0.15, 0.2) is 9.84 Å². The van der Waals surface area contributed by atoms with Crippen LogP contribution in [0.1, 0.15) is 11.4 Å². The van der Waals surface area contributed by atoms with Gasteiger partial charge in [0.2, 0.25) is 5.91 Å². The lowest BCUT2D eigenvalue weighted by Gasteiger charge is -2.30. The van der Waals surface area contributed by atoms with Crippen LogP contribution in [0, 0.1) is 0 Å². The molecule has 0 spiro atoms. The highest BCUT2D eigenvalue weighted by Gasteiger charge is 2.35. The fraction of sp³-hybridized carbons (Fsp3) is 0.333. The van der Waals surface area contributed by atoms with Crippen molar-refractivity contribution >= 4 is 43.0 Å². The molecular weight excluding hydrogens is 406 g/mol. The number of anilines is 1. The van der Waals surface area contributed by atoms with E-state index in [1.54, 1.807) is 16.2 Å². The maximum Gasteiger partial charge on any atom is 0.241 e. The van der Waals surface area contributed by atoms with E-state index >= 15 is 0 Å². The number of para-hydroxylation sites is 2. The molecule has 0 bridgehead atoms. The molecule has 2 heterocycles. The summed E-state index contributed by atoms with van der Waals surface area (Å²) in [4.78, 5) is 21.4. The van der Waals surface area contributed by atoms with Crippen LogP contribution in [0.5, 0.6) is 0 Å². The molecule has 0 aliphatic carbocycles. The maximum atomic E-state index is 13.2. The van der Waals surface area contributed by atoms with E-state index in [2.05, 4.69) is 4.98 Å². The van der Waals surface area contributed by atoms with E-state index in [9.17, 15) is 13.2 Å². The number of amides is 1. The number of nitrogens with zero attached hydrogens (tertiary/aromatic N) is 3. The first-order chi connectivity index (χ1) is 13.9. The summed E-state index contributed by atoms with van der Waals surface area (Å²) in [6.45, 7) is 0.762. The summed E-state index contributed by atoms with van der Waals surface area (Å²) in [5, 5.41) is 0.955. The van der Waals surface area contributed by atoms with Gasteiger partial charge in [-0.3, -0.25) is 9.69 Å². The highest BCUT2D eigenvalue weighted by atomic mass is 32.2. The molecule has 1 atom stereocenters. The Hall–Kier alpha value is -2.29. The molecule has 0 radical (unpaired) electrons. The van der Waals surface area contributed by atoms with Crippen LogP contribution in [-0.4, -0.2) is 55.3 Å². The zero-order valence-electron chi connectivity index (χ0n) is 16.2. The van der Waals surface area contributed by atoms with Gasteiger partial charge in [0, 0.05) is 5.69 Å². The molecular formula is C21H23N3O3S2. The van der Waals surface area contributed by atoms with Crippen molar-refractivity contribution in [1.82, 2.24) is 9.88 Å². The number of thiazole rings is 1. The summed E-state index contributed by atoms with van der Waals surface area (Å²) in [5.74, 6) is 0.0623. The van der Waals surface area contributed by atoms with Crippen molar-refractivity contribution < 1.29 is 13.2 Å². The molecule has 29 heavy (non-hydrogen) atoms. The lowest BCUT2D eigenvalue weighted by Crippen LogP contribution is -2.45. The van der Waals surface area contributed by atoms with Crippen LogP contribution < -0.4 is 4.90 Å². The molecule has 4 rings (SSSR count). The van der Waals surface area contributed by atoms with Gasteiger partial charge in [-0.15, -0.1) is 11.3 Å². The lowest BCUT2D eigenvalue weighted by molar-refractivity contribution is -0.120. The fourth-order valence-corrected chi connectivity index (χ4v) is 6.45. The molecule has 1 aliphatic heterocycles. The Bertz CT molecular complexity index is 1080. The van der Waals surface area contributed by atoms with E-state index in [0.717, 1.165) is 20.9 Å². The molecule has 0 N–H and O–H groups in total. The number of hydrogen-bond acceptors (Lipinski definition) is 6. The minimum Gasteiger partial charge on any atom is -0.307 e. The van der Waals surface area contributed by atoms with E-state index in [1.165, 1.54) is 0 Å². The Morgan fingerprint density at radius 1 is 1.14 bits per heavy atom.